The number of hydrogen-bond acceptors (Lipinski definition) is 1. The van der Waals surface area contributed by atoms with E-state index in [0.29, 0.717) is 11.5 Å². The average Bonchev–Trinajstić information content (AvgIpc) is 2.24. The second-order valence-electron chi connectivity index (χ2n) is 4.59. The smallest absolute Gasteiger partial charge is 0.254 e. The van der Waals surface area contributed by atoms with Crippen LogP contribution < -0.4 is 0 Å². The van der Waals surface area contributed by atoms with E-state index in [9.17, 15) is 9.18 Å². The Morgan fingerprint density at radius 2 is 2.12 bits per heavy atom. The molecular weight excluding hydrogens is 205 g/mol. The topological polar surface area (TPSA) is 20.3 Å². The zero-order valence-corrected chi connectivity index (χ0v) is 9.61. The van der Waals surface area contributed by atoms with Gasteiger partial charge in [-0.05, 0) is 23.6 Å². The number of carbonyl (C=O) groups excluding carboxylic acids is 1. The molecule has 0 atom stereocenters. The molecule has 0 N–H and O–H groups in total. The molecule has 3 heteroatoms. The van der Waals surface area contributed by atoms with E-state index in [4.69, 9.17) is 0 Å². The molecule has 1 aliphatic rings. The van der Waals surface area contributed by atoms with Gasteiger partial charge in [0.05, 0.1) is 13.1 Å². The lowest BCUT2D eigenvalue weighted by Gasteiger charge is -2.34. The molecular formula is C13H16FNO. The maximum atomic E-state index is 12.7. The maximum absolute atomic E-state index is 12.7. The molecule has 0 saturated carbocycles. The fourth-order valence-corrected chi connectivity index (χ4v) is 1.80. The Labute approximate surface area is 95.1 Å². The van der Waals surface area contributed by atoms with Crippen LogP contribution in [0.4, 0.5) is 4.39 Å². The van der Waals surface area contributed by atoms with Gasteiger partial charge in [-0.25, -0.2) is 4.39 Å². The van der Waals surface area contributed by atoms with E-state index in [1.165, 1.54) is 0 Å². The average molecular weight is 221 g/mol. The molecule has 0 spiro atoms. The Morgan fingerprint density at radius 1 is 1.44 bits per heavy atom. The van der Waals surface area contributed by atoms with Crippen LogP contribution >= 0.6 is 0 Å². The first-order valence-electron chi connectivity index (χ1n) is 5.61. The molecule has 2 rings (SSSR count). The monoisotopic (exact) mass is 221 g/mol. The minimum Gasteiger partial charge on any atom is -0.333 e. The van der Waals surface area contributed by atoms with E-state index < -0.39 is 6.17 Å². The minimum atomic E-state index is -0.836. The summed E-state index contributed by atoms with van der Waals surface area (Å²) in [6.07, 6.45) is -0.836. The number of benzene rings is 1. The van der Waals surface area contributed by atoms with Crippen molar-refractivity contribution in [3.63, 3.8) is 0 Å². The molecule has 1 fully saturated rings. The lowest BCUT2D eigenvalue weighted by Crippen LogP contribution is -2.51. The van der Waals surface area contributed by atoms with Gasteiger partial charge in [0.2, 0.25) is 0 Å². The summed E-state index contributed by atoms with van der Waals surface area (Å²) in [4.78, 5) is 13.5. The van der Waals surface area contributed by atoms with Crippen molar-refractivity contribution in [3.05, 3.63) is 35.4 Å². The number of alkyl halides is 1. The third kappa shape index (κ3) is 2.08. The summed E-state index contributed by atoms with van der Waals surface area (Å²) in [6, 6.07) is 7.59. The molecule has 0 bridgehead atoms. The van der Waals surface area contributed by atoms with Crippen LogP contribution in [-0.2, 0) is 0 Å². The summed E-state index contributed by atoms with van der Waals surface area (Å²) in [5, 5.41) is 0. The van der Waals surface area contributed by atoms with Crippen LogP contribution in [0.5, 0.6) is 0 Å². The van der Waals surface area contributed by atoms with Gasteiger partial charge >= 0.3 is 0 Å². The number of amides is 1. The minimum absolute atomic E-state index is 0.0589. The molecule has 1 aromatic carbocycles. The van der Waals surface area contributed by atoms with Crippen molar-refractivity contribution in [2.75, 3.05) is 13.1 Å². The fourth-order valence-electron chi connectivity index (χ4n) is 1.80. The Bertz CT molecular complexity index is 397. The van der Waals surface area contributed by atoms with Crippen molar-refractivity contribution in [1.82, 2.24) is 4.90 Å². The van der Waals surface area contributed by atoms with Crippen molar-refractivity contribution < 1.29 is 9.18 Å². The molecule has 0 aromatic heterocycles. The van der Waals surface area contributed by atoms with Gasteiger partial charge in [0, 0.05) is 5.56 Å². The van der Waals surface area contributed by atoms with Gasteiger partial charge in [0.1, 0.15) is 6.17 Å². The van der Waals surface area contributed by atoms with Crippen molar-refractivity contribution in [2.45, 2.75) is 25.9 Å². The molecule has 0 unspecified atom stereocenters. The normalized spacial score (nSPS) is 16.4. The Kier molecular flexibility index (Phi) is 2.95. The predicted molar refractivity (Wildman–Crippen MR) is 61.3 cm³/mol. The zero-order chi connectivity index (χ0) is 11.7. The third-order valence-corrected chi connectivity index (χ3v) is 2.92. The van der Waals surface area contributed by atoms with Gasteiger partial charge in [-0.3, -0.25) is 4.79 Å². The van der Waals surface area contributed by atoms with E-state index in [-0.39, 0.29) is 19.0 Å². The van der Waals surface area contributed by atoms with Gasteiger partial charge in [-0.15, -0.1) is 0 Å². The molecule has 86 valence electrons. The lowest BCUT2D eigenvalue weighted by atomic mass is 10.00. The number of likely N-dealkylation sites (tertiary alicyclic amines) is 1. The molecule has 1 amide bonds. The maximum Gasteiger partial charge on any atom is 0.254 e. The second-order valence-corrected chi connectivity index (χ2v) is 4.59. The summed E-state index contributed by atoms with van der Waals surface area (Å²) in [7, 11) is 0. The third-order valence-electron chi connectivity index (χ3n) is 2.92. The first-order chi connectivity index (χ1) is 7.58. The standard InChI is InChI=1S/C13H16FNO/c1-9(2)10-4-3-5-11(6-10)13(16)15-7-12(14)8-15/h3-6,9,12H,7-8H2,1-2H3. The van der Waals surface area contributed by atoms with E-state index in [0.717, 1.165) is 5.56 Å². The van der Waals surface area contributed by atoms with Gasteiger partial charge < -0.3 is 4.90 Å². The largest absolute Gasteiger partial charge is 0.333 e. The predicted octanol–water partition coefficient (Wildman–Crippen LogP) is 2.60. The van der Waals surface area contributed by atoms with Crippen molar-refractivity contribution in [1.29, 1.82) is 0 Å². The van der Waals surface area contributed by atoms with Crippen molar-refractivity contribution in [3.8, 4) is 0 Å². The highest BCUT2D eigenvalue weighted by molar-refractivity contribution is 5.95. The Morgan fingerprint density at radius 3 is 2.69 bits per heavy atom. The zero-order valence-electron chi connectivity index (χ0n) is 9.61. The van der Waals surface area contributed by atoms with Crippen LogP contribution in [0.2, 0.25) is 0 Å². The van der Waals surface area contributed by atoms with Crippen molar-refractivity contribution in [2.24, 2.45) is 0 Å². The SMILES string of the molecule is CC(C)c1cccc(C(=O)N2CC(F)C2)c1. The van der Waals surface area contributed by atoms with Gasteiger partial charge in [-0.2, -0.15) is 0 Å². The quantitative estimate of drug-likeness (QED) is 0.751. The number of rotatable bonds is 2. The summed E-state index contributed by atoms with van der Waals surface area (Å²) in [5.74, 6) is 0.342. The van der Waals surface area contributed by atoms with E-state index in [1.54, 1.807) is 11.0 Å². The number of hydrogen-bond donors (Lipinski definition) is 0. The van der Waals surface area contributed by atoms with Crippen molar-refractivity contribution >= 4 is 5.91 Å². The molecule has 0 radical (unpaired) electrons. The van der Waals surface area contributed by atoms with Crippen LogP contribution in [-0.4, -0.2) is 30.1 Å². The van der Waals surface area contributed by atoms with E-state index in [2.05, 4.69) is 13.8 Å². The summed E-state index contributed by atoms with van der Waals surface area (Å²) in [6.45, 7) is 4.66. The van der Waals surface area contributed by atoms with Gasteiger partial charge in [0.15, 0.2) is 0 Å². The van der Waals surface area contributed by atoms with Crippen LogP contribution in [0, 0.1) is 0 Å². The first kappa shape index (κ1) is 11.1. The first-order valence-corrected chi connectivity index (χ1v) is 5.61. The highest BCUT2D eigenvalue weighted by Crippen LogP contribution is 2.19. The van der Waals surface area contributed by atoms with Gasteiger partial charge in [-0.1, -0.05) is 26.0 Å². The van der Waals surface area contributed by atoms with Crippen LogP contribution in [0.15, 0.2) is 24.3 Å². The molecule has 1 aliphatic heterocycles. The van der Waals surface area contributed by atoms with Crippen LogP contribution in [0.25, 0.3) is 0 Å². The molecule has 1 saturated heterocycles. The Balaban J connectivity index is 2.14. The molecule has 16 heavy (non-hydrogen) atoms. The number of nitrogens with zero attached hydrogens (tertiary/aromatic N) is 1. The molecule has 1 heterocycles. The van der Waals surface area contributed by atoms with Crippen LogP contribution in [0.3, 0.4) is 0 Å². The summed E-state index contributed by atoms with van der Waals surface area (Å²) < 4.78 is 12.7. The molecule has 0 aliphatic carbocycles. The summed E-state index contributed by atoms with van der Waals surface area (Å²) in [5.41, 5.74) is 1.81. The molecule has 1 aromatic rings. The van der Waals surface area contributed by atoms with E-state index >= 15 is 0 Å². The van der Waals surface area contributed by atoms with E-state index in [1.807, 2.05) is 18.2 Å². The number of halogens is 1. The molecule has 2 nitrogen and oxygen atoms in total. The highest BCUT2D eigenvalue weighted by atomic mass is 19.1. The fraction of sp³-hybridized carbons (Fsp3) is 0.462. The lowest BCUT2D eigenvalue weighted by molar-refractivity contribution is 0.0400. The van der Waals surface area contributed by atoms with Crippen LogP contribution in [0.1, 0.15) is 35.7 Å². The highest BCUT2D eigenvalue weighted by Gasteiger charge is 2.30. The van der Waals surface area contributed by atoms with Gasteiger partial charge in [0.25, 0.3) is 5.91 Å². The number of carbonyl (C=O) groups is 1. The summed E-state index contributed by atoms with van der Waals surface area (Å²) >= 11 is 0. The second kappa shape index (κ2) is 4.24. The Hall–Kier alpha value is -1.38.